The Balaban J connectivity index is 1.90. The maximum atomic E-state index is 12.1. The number of nitrogens with one attached hydrogen (secondary N) is 3. The Labute approximate surface area is 172 Å². The lowest BCUT2D eigenvalue weighted by atomic mass is 9.92. The van der Waals surface area contributed by atoms with Gasteiger partial charge >= 0.3 is 0 Å². The molecular formula is C22H32N6O. The lowest BCUT2D eigenvalue weighted by Crippen LogP contribution is -2.13. The lowest BCUT2D eigenvalue weighted by molar-refractivity contribution is 0.394. The molecule has 29 heavy (non-hydrogen) atoms. The highest BCUT2D eigenvalue weighted by atomic mass is 16.1. The van der Waals surface area contributed by atoms with Gasteiger partial charge in [-0.15, -0.1) is 0 Å². The van der Waals surface area contributed by atoms with Gasteiger partial charge in [0, 0.05) is 36.4 Å². The van der Waals surface area contributed by atoms with Crippen LogP contribution in [0.3, 0.4) is 0 Å². The lowest BCUT2D eigenvalue weighted by Gasteiger charge is -2.13. The zero-order chi connectivity index (χ0) is 21.0. The molecule has 0 spiro atoms. The predicted octanol–water partition coefficient (Wildman–Crippen LogP) is 3.40. The molecule has 0 aliphatic rings. The van der Waals surface area contributed by atoms with Gasteiger partial charge in [-0.2, -0.15) is 0 Å². The first kappa shape index (κ1) is 21.0. The first-order valence-corrected chi connectivity index (χ1v) is 10.3. The van der Waals surface area contributed by atoms with Crippen LogP contribution in [-0.2, 0) is 12.8 Å². The number of hydrogen-bond donors (Lipinski definition) is 3. The molecule has 0 saturated heterocycles. The van der Waals surface area contributed by atoms with Crippen molar-refractivity contribution in [3.8, 4) is 11.3 Å². The highest BCUT2D eigenvalue weighted by molar-refractivity contribution is 5.60. The number of aryl methyl sites for hydroxylation is 1. The van der Waals surface area contributed by atoms with Crippen LogP contribution >= 0.6 is 0 Å². The molecule has 3 aromatic rings. The van der Waals surface area contributed by atoms with Gasteiger partial charge in [0.05, 0.1) is 17.0 Å². The third kappa shape index (κ3) is 4.85. The Hall–Kier alpha value is -2.67. The predicted molar refractivity (Wildman–Crippen MR) is 116 cm³/mol. The molecule has 3 rings (SSSR count). The molecule has 0 amide bonds. The largest absolute Gasteiger partial charge is 0.362 e. The quantitative estimate of drug-likeness (QED) is 0.483. The van der Waals surface area contributed by atoms with E-state index >= 15 is 0 Å². The van der Waals surface area contributed by atoms with Crippen LogP contribution in [0.1, 0.15) is 60.8 Å². The molecule has 3 heterocycles. The zero-order valence-electron chi connectivity index (χ0n) is 18.1. The van der Waals surface area contributed by atoms with Crippen LogP contribution in [0.4, 0.5) is 0 Å². The normalized spacial score (nSPS) is 11.7. The molecule has 0 aliphatic heterocycles. The second kappa shape index (κ2) is 9.22. The first-order valence-electron chi connectivity index (χ1n) is 10.3. The summed E-state index contributed by atoms with van der Waals surface area (Å²) in [5, 5.41) is 5.33. The third-order valence-corrected chi connectivity index (χ3v) is 5.32. The van der Waals surface area contributed by atoms with Crippen molar-refractivity contribution in [3.05, 3.63) is 57.2 Å². The van der Waals surface area contributed by atoms with E-state index in [0.29, 0.717) is 23.6 Å². The standard InChI is InChI=1S/C22H32N6O/c1-14(2)20-16(8-6-7-11-28(4)5)15(3)26-18(20)12-19-21(24-10-9-23-19)17-13-25-27-22(17)29/h9-10,13-14,26H,6-8,11-12H2,1-5H3,(H2,25,27,29). The summed E-state index contributed by atoms with van der Waals surface area (Å²) in [5.41, 5.74) is 6.99. The molecule has 156 valence electrons. The van der Waals surface area contributed by atoms with Crippen molar-refractivity contribution in [3.63, 3.8) is 0 Å². The molecule has 3 aromatic heterocycles. The van der Waals surface area contributed by atoms with E-state index in [0.717, 1.165) is 18.7 Å². The van der Waals surface area contributed by atoms with E-state index in [4.69, 9.17) is 0 Å². The molecule has 0 atom stereocenters. The minimum Gasteiger partial charge on any atom is -0.362 e. The van der Waals surface area contributed by atoms with Gasteiger partial charge in [0.1, 0.15) is 0 Å². The highest BCUT2D eigenvalue weighted by Gasteiger charge is 2.20. The smallest absolute Gasteiger partial charge is 0.273 e. The molecule has 0 radical (unpaired) electrons. The van der Waals surface area contributed by atoms with E-state index in [1.807, 2.05) is 0 Å². The molecule has 7 nitrogen and oxygen atoms in total. The van der Waals surface area contributed by atoms with Crippen LogP contribution in [0.5, 0.6) is 0 Å². The fraction of sp³-hybridized carbons (Fsp3) is 0.500. The molecule has 0 bridgehead atoms. The first-order chi connectivity index (χ1) is 13.9. The topological polar surface area (TPSA) is 93.5 Å². The average Bonchev–Trinajstić information content (AvgIpc) is 3.22. The van der Waals surface area contributed by atoms with E-state index < -0.39 is 0 Å². The van der Waals surface area contributed by atoms with Crippen molar-refractivity contribution < 1.29 is 0 Å². The van der Waals surface area contributed by atoms with Crippen molar-refractivity contribution in [1.82, 2.24) is 30.0 Å². The third-order valence-electron chi connectivity index (χ3n) is 5.32. The van der Waals surface area contributed by atoms with Gasteiger partial charge in [0.2, 0.25) is 0 Å². The van der Waals surface area contributed by atoms with Crippen molar-refractivity contribution in [1.29, 1.82) is 0 Å². The maximum absolute atomic E-state index is 12.1. The van der Waals surface area contributed by atoms with E-state index in [1.165, 1.54) is 35.4 Å². The minimum atomic E-state index is -0.180. The number of rotatable bonds is 9. The second-order valence-electron chi connectivity index (χ2n) is 8.22. The Kier molecular flexibility index (Phi) is 6.69. The molecular weight excluding hydrogens is 364 g/mol. The van der Waals surface area contributed by atoms with Crippen molar-refractivity contribution >= 4 is 0 Å². The van der Waals surface area contributed by atoms with Crippen LogP contribution in [-0.4, -0.2) is 50.7 Å². The Morgan fingerprint density at radius 1 is 1.14 bits per heavy atom. The average molecular weight is 397 g/mol. The van der Waals surface area contributed by atoms with Crippen LogP contribution < -0.4 is 5.56 Å². The van der Waals surface area contributed by atoms with Crippen LogP contribution in [0, 0.1) is 6.92 Å². The van der Waals surface area contributed by atoms with Gasteiger partial charge < -0.3 is 15.0 Å². The van der Waals surface area contributed by atoms with Crippen molar-refractivity contribution in [2.24, 2.45) is 0 Å². The summed E-state index contributed by atoms with van der Waals surface area (Å²) in [6, 6.07) is 0. The number of aromatic amines is 3. The summed E-state index contributed by atoms with van der Waals surface area (Å²) in [4.78, 5) is 26.9. The zero-order valence-corrected chi connectivity index (χ0v) is 18.1. The summed E-state index contributed by atoms with van der Waals surface area (Å²) in [5.74, 6) is 0.412. The number of nitrogens with zero attached hydrogens (tertiary/aromatic N) is 3. The van der Waals surface area contributed by atoms with Crippen LogP contribution in [0.15, 0.2) is 23.4 Å². The van der Waals surface area contributed by atoms with Gasteiger partial charge in [0.15, 0.2) is 0 Å². The Bertz CT molecular complexity index is 995. The number of hydrogen-bond acceptors (Lipinski definition) is 4. The molecule has 3 N–H and O–H groups in total. The summed E-state index contributed by atoms with van der Waals surface area (Å²) < 4.78 is 0. The monoisotopic (exact) mass is 396 g/mol. The van der Waals surface area contributed by atoms with Crippen molar-refractivity contribution in [2.75, 3.05) is 20.6 Å². The van der Waals surface area contributed by atoms with Crippen LogP contribution in [0.25, 0.3) is 11.3 Å². The molecule has 0 aromatic carbocycles. The second-order valence-corrected chi connectivity index (χ2v) is 8.22. The summed E-state index contributed by atoms with van der Waals surface area (Å²) in [6.07, 6.45) is 9.03. The van der Waals surface area contributed by atoms with Gasteiger partial charge in [-0.3, -0.25) is 19.9 Å². The highest BCUT2D eigenvalue weighted by Crippen LogP contribution is 2.30. The van der Waals surface area contributed by atoms with Crippen molar-refractivity contribution in [2.45, 2.75) is 52.4 Å². The van der Waals surface area contributed by atoms with E-state index in [-0.39, 0.29) is 5.56 Å². The fourth-order valence-corrected chi connectivity index (χ4v) is 4.01. The fourth-order valence-electron chi connectivity index (χ4n) is 4.01. The summed E-state index contributed by atoms with van der Waals surface area (Å²) >= 11 is 0. The SMILES string of the molecule is Cc1[nH]c(Cc2nccnc2-c2c[nH][nH]c2=O)c(C(C)C)c1CCCCN(C)C. The van der Waals surface area contributed by atoms with Gasteiger partial charge in [0.25, 0.3) is 5.56 Å². The maximum Gasteiger partial charge on any atom is 0.273 e. The van der Waals surface area contributed by atoms with E-state index in [9.17, 15) is 4.79 Å². The van der Waals surface area contributed by atoms with Gasteiger partial charge in [-0.05, 0) is 63.9 Å². The Morgan fingerprint density at radius 3 is 2.55 bits per heavy atom. The minimum absolute atomic E-state index is 0.180. The molecule has 0 unspecified atom stereocenters. The number of H-pyrrole nitrogens is 3. The summed E-state index contributed by atoms with van der Waals surface area (Å²) in [7, 11) is 4.24. The van der Waals surface area contributed by atoms with Crippen LogP contribution in [0.2, 0.25) is 0 Å². The summed E-state index contributed by atoms with van der Waals surface area (Å²) in [6.45, 7) is 7.75. The molecule has 7 heteroatoms. The van der Waals surface area contributed by atoms with Gasteiger partial charge in [-0.1, -0.05) is 13.8 Å². The Morgan fingerprint density at radius 2 is 1.90 bits per heavy atom. The molecule has 0 fully saturated rings. The molecule has 0 saturated carbocycles. The van der Waals surface area contributed by atoms with Gasteiger partial charge in [-0.25, -0.2) is 0 Å². The molecule has 0 aliphatic carbocycles. The number of aromatic nitrogens is 5. The van der Waals surface area contributed by atoms with E-state index in [1.54, 1.807) is 18.6 Å². The number of unbranched alkanes of at least 4 members (excludes halogenated alkanes) is 1. The van der Waals surface area contributed by atoms with E-state index in [2.05, 4.69) is 64.9 Å².